The smallest absolute Gasteiger partial charge is 0.338 e. The maximum absolute atomic E-state index is 11.9. The van der Waals surface area contributed by atoms with E-state index in [0.717, 1.165) is 18.7 Å². The molecule has 0 aliphatic rings. The molecule has 0 amide bonds. The van der Waals surface area contributed by atoms with Crippen LogP contribution in [0.1, 0.15) is 34.6 Å². The third-order valence-electron chi connectivity index (χ3n) is 3.47. The number of hydrogen-bond acceptors (Lipinski definition) is 4. The van der Waals surface area contributed by atoms with Crippen LogP contribution < -0.4 is 0 Å². The fourth-order valence-electron chi connectivity index (χ4n) is 2.21. The molecular formula is C17H21NO2S. The van der Waals surface area contributed by atoms with Gasteiger partial charge in [-0.05, 0) is 36.9 Å². The van der Waals surface area contributed by atoms with Gasteiger partial charge in [-0.1, -0.05) is 24.3 Å². The van der Waals surface area contributed by atoms with Gasteiger partial charge in [-0.2, -0.15) is 0 Å². The van der Waals surface area contributed by atoms with E-state index in [1.807, 2.05) is 24.3 Å². The predicted octanol–water partition coefficient (Wildman–Crippen LogP) is 3.95. The summed E-state index contributed by atoms with van der Waals surface area (Å²) >= 11 is 1.76. The molecule has 0 bridgehead atoms. The average molecular weight is 303 g/mol. The fourth-order valence-corrected chi connectivity index (χ4v) is 2.94. The number of ether oxygens (including phenoxy) is 1. The molecule has 0 N–H and O–H groups in total. The van der Waals surface area contributed by atoms with Gasteiger partial charge in [0.05, 0.1) is 12.7 Å². The van der Waals surface area contributed by atoms with Crippen LogP contribution in [0.25, 0.3) is 0 Å². The van der Waals surface area contributed by atoms with Gasteiger partial charge in [-0.25, -0.2) is 4.79 Å². The number of carbonyl (C=O) groups excluding carboxylic acids is 1. The summed E-state index contributed by atoms with van der Waals surface area (Å²) in [6.45, 7) is 5.98. The van der Waals surface area contributed by atoms with Crippen molar-refractivity contribution in [3.63, 3.8) is 0 Å². The second-order valence-corrected chi connectivity index (χ2v) is 6.26. The molecule has 0 saturated carbocycles. The van der Waals surface area contributed by atoms with Gasteiger partial charge >= 0.3 is 5.97 Å². The van der Waals surface area contributed by atoms with Crippen LogP contribution in [0.2, 0.25) is 0 Å². The highest BCUT2D eigenvalue weighted by Crippen LogP contribution is 2.19. The quantitative estimate of drug-likeness (QED) is 0.757. The minimum atomic E-state index is -0.273. The molecule has 0 spiro atoms. The Bertz CT molecular complexity index is 578. The number of carbonyl (C=O) groups is 1. The van der Waals surface area contributed by atoms with Crippen molar-refractivity contribution in [3.05, 3.63) is 57.8 Å². The molecule has 0 saturated heterocycles. The van der Waals surface area contributed by atoms with E-state index in [9.17, 15) is 4.79 Å². The predicted molar refractivity (Wildman–Crippen MR) is 86.5 cm³/mol. The Kier molecular flexibility index (Phi) is 5.53. The van der Waals surface area contributed by atoms with E-state index in [1.165, 1.54) is 12.0 Å². The van der Waals surface area contributed by atoms with Crippen LogP contribution in [-0.4, -0.2) is 24.0 Å². The van der Waals surface area contributed by atoms with E-state index < -0.39 is 0 Å². The van der Waals surface area contributed by atoms with E-state index in [0.29, 0.717) is 11.6 Å². The minimum Gasteiger partial charge on any atom is -0.465 e. The van der Waals surface area contributed by atoms with Crippen LogP contribution in [-0.2, 0) is 17.8 Å². The number of thiophene rings is 1. The van der Waals surface area contributed by atoms with Gasteiger partial charge in [0, 0.05) is 24.0 Å². The lowest BCUT2D eigenvalue weighted by atomic mass is 10.1. The van der Waals surface area contributed by atoms with Crippen LogP contribution in [0, 0.1) is 0 Å². The first-order valence-corrected chi connectivity index (χ1v) is 7.92. The van der Waals surface area contributed by atoms with Gasteiger partial charge in [0.15, 0.2) is 0 Å². The second-order valence-electron chi connectivity index (χ2n) is 5.23. The summed E-state index contributed by atoms with van der Waals surface area (Å²) < 4.78 is 4.87. The Hall–Kier alpha value is -1.65. The van der Waals surface area contributed by atoms with Gasteiger partial charge in [0.1, 0.15) is 0 Å². The van der Waals surface area contributed by atoms with Gasteiger partial charge in [-0.3, -0.25) is 4.90 Å². The highest BCUT2D eigenvalue weighted by Gasteiger charge is 2.16. The van der Waals surface area contributed by atoms with E-state index >= 15 is 0 Å². The Labute approximate surface area is 130 Å². The van der Waals surface area contributed by atoms with E-state index in [1.54, 1.807) is 11.3 Å². The zero-order chi connectivity index (χ0) is 15.2. The van der Waals surface area contributed by atoms with E-state index in [2.05, 4.69) is 36.3 Å². The summed E-state index contributed by atoms with van der Waals surface area (Å²) in [4.78, 5) is 15.6. The maximum atomic E-state index is 11.9. The van der Waals surface area contributed by atoms with E-state index in [4.69, 9.17) is 4.74 Å². The molecule has 21 heavy (non-hydrogen) atoms. The summed E-state index contributed by atoms with van der Waals surface area (Å²) in [7, 11) is 1.42. The number of esters is 1. The first-order chi connectivity index (χ1) is 10.1. The summed E-state index contributed by atoms with van der Waals surface area (Å²) in [5, 5.41) is 2.09. The fraction of sp³-hybridized carbons (Fsp3) is 0.353. The molecule has 4 heteroatoms. The number of nitrogens with zero attached hydrogens (tertiary/aromatic N) is 1. The number of benzene rings is 1. The molecule has 0 aliphatic heterocycles. The second kappa shape index (κ2) is 7.38. The molecule has 0 unspecified atom stereocenters. The number of methoxy groups -OCH3 is 1. The molecule has 0 aliphatic carbocycles. The Morgan fingerprint density at radius 2 is 1.95 bits per heavy atom. The van der Waals surface area contributed by atoms with Crippen molar-refractivity contribution in [1.82, 2.24) is 4.90 Å². The third-order valence-corrected chi connectivity index (χ3v) is 4.33. The normalized spacial score (nSPS) is 11.1. The zero-order valence-electron chi connectivity index (χ0n) is 12.7. The molecule has 2 aromatic rings. The Morgan fingerprint density at radius 1 is 1.19 bits per heavy atom. The number of hydrogen-bond donors (Lipinski definition) is 0. The Balaban J connectivity index is 2.19. The molecule has 1 aromatic carbocycles. The van der Waals surface area contributed by atoms with Crippen molar-refractivity contribution in [2.75, 3.05) is 7.11 Å². The van der Waals surface area contributed by atoms with Crippen LogP contribution in [0.3, 0.4) is 0 Å². The van der Waals surface area contributed by atoms with Gasteiger partial charge in [0.2, 0.25) is 0 Å². The van der Waals surface area contributed by atoms with Crippen molar-refractivity contribution < 1.29 is 9.53 Å². The van der Waals surface area contributed by atoms with Gasteiger partial charge < -0.3 is 4.74 Å². The standard InChI is InChI=1S/C17H21NO2S/c1-13(2)18(12-15-8-6-10-21-15)11-14-7-4-5-9-16(14)17(19)20-3/h4-10,13H,11-12H2,1-3H3. The van der Waals surface area contributed by atoms with Crippen LogP contribution in [0.4, 0.5) is 0 Å². The first-order valence-electron chi connectivity index (χ1n) is 7.04. The van der Waals surface area contributed by atoms with Crippen molar-refractivity contribution in [3.8, 4) is 0 Å². The van der Waals surface area contributed by atoms with Gasteiger partial charge in [0.25, 0.3) is 0 Å². The van der Waals surface area contributed by atoms with Crippen LogP contribution >= 0.6 is 11.3 Å². The van der Waals surface area contributed by atoms with Crippen LogP contribution in [0.5, 0.6) is 0 Å². The SMILES string of the molecule is COC(=O)c1ccccc1CN(Cc1cccs1)C(C)C. The van der Waals surface area contributed by atoms with Crippen molar-refractivity contribution in [2.24, 2.45) is 0 Å². The maximum Gasteiger partial charge on any atom is 0.338 e. The lowest BCUT2D eigenvalue weighted by Crippen LogP contribution is -2.30. The van der Waals surface area contributed by atoms with E-state index in [-0.39, 0.29) is 5.97 Å². The van der Waals surface area contributed by atoms with Crippen molar-refractivity contribution in [2.45, 2.75) is 33.0 Å². The van der Waals surface area contributed by atoms with Crippen molar-refractivity contribution in [1.29, 1.82) is 0 Å². The summed E-state index contributed by atoms with van der Waals surface area (Å²) in [6, 6.07) is 12.3. The molecule has 2 rings (SSSR count). The third kappa shape index (κ3) is 4.16. The minimum absolute atomic E-state index is 0.273. The molecule has 1 heterocycles. The molecule has 0 fully saturated rings. The molecule has 1 aromatic heterocycles. The highest BCUT2D eigenvalue weighted by atomic mass is 32.1. The monoisotopic (exact) mass is 303 g/mol. The topological polar surface area (TPSA) is 29.5 Å². The zero-order valence-corrected chi connectivity index (χ0v) is 13.5. The largest absolute Gasteiger partial charge is 0.465 e. The van der Waals surface area contributed by atoms with Crippen LogP contribution in [0.15, 0.2) is 41.8 Å². The summed E-state index contributed by atoms with van der Waals surface area (Å²) in [5.74, 6) is -0.273. The summed E-state index contributed by atoms with van der Waals surface area (Å²) in [5.41, 5.74) is 1.66. The van der Waals surface area contributed by atoms with Crippen molar-refractivity contribution >= 4 is 17.3 Å². The molecular weight excluding hydrogens is 282 g/mol. The Morgan fingerprint density at radius 3 is 2.57 bits per heavy atom. The molecule has 112 valence electrons. The van der Waals surface area contributed by atoms with Gasteiger partial charge in [-0.15, -0.1) is 11.3 Å². The molecule has 3 nitrogen and oxygen atoms in total. The molecule has 0 radical (unpaired) electrons. The lowest BCUT2D eigenvalue weighted by Gasteiger charge is -2.26. The summed E-state index contributed by atoms with van der Waals surface area (Å²) in [6.07, 6.45) is 0. The average Bonchev–Trinajstić information content (AvgIpc) is 2.99. The first kappa shape index (κ1) is 15.7. The highest BCUT2D eigenvalue weighted by molar-refractivity contribution is 7.09. The lowest BCUT2D eigenvalue weighted by molar-refractivity contribution is 0.0597. The number of rotatable bonds is 6. The molecule has 0 atom stereocenters.